The Hall–Kier alpha value is -1.29. The zero-order valence-electron chi connectivity index (χ0n) is 13.0. The van der Waals surface area contributed by atoms with Gasteiger partial charge < -0.3 is 4.90 Å². The summed E-state index contributed by atoms with van der Waals surface area (Å²) in [7, 11) is 0. The van der Waals surface area contributed by atoms with Crippen molar-refractivity contribution >= 4 is 34.0 Å². The van der Waals surface area contributed by atoms with E-state index >= 15 is 0 Å². The van der Waals surface area contributed by atoms with Crippen molar-refractivity contribution in [1.82, 2.24) is 0 Å². The van der Waals surface area contributed by atoms with Crippen molar-refractivity contribution in [2.75, 3.05) is 4.90 Å². The minimum Gasteiger partial charge on any atom is -0.332 e. The van der Waals surface area contributed by atoms with Gasteiger partial charge in [0, 0.05) is 20.5 Å². The molecule has 0 radical (unpaired) electrons. The number of rotatable bonds is 1. The maximum Gasteiger partial charge on any atom is 0.0655 e. The molecule has 108 valence electrons. The van der Waals surface area contributed by atoms with Gasteiger partial charge in [-0.05, 0) is 85.2 Å². The number of para-hydroxylation sites is 1. The Morgan fingerprint density at radius 1 is 1.10 bits per heavy atom. The molecule has 0 N–H and O–H groups in total. The zero-order valence-corrected chi connectivity index (χ0v) is 15.2. The lowest BCUT2D eigenvalue weighted by molar-refractivity contribution is 0.556. The Morgan fingerprint density at radius 3 is 2.33 bits per heavy atom. The molecule has 0 saturated carbocycles. The van der Waals surface area contributed by atoms with Crippen LogP contribution in [0.15, 0.2) is 43.0 Å². The highest BCUT2D eigenvalue weighted by Gasteiger charge is 2.42. The van der Waals surface area contributed by atoms with Gasteiger partial charge in [0.05, 0.1) is 5.54 Å². The third-order valence-corrected chi connectivity index (χ3v) is 5.58. The monoisotopic (exact) mass is 389 g/mol. The quantitative estimate of drug-likeness (QED) is 0.571. The van der Waals surface area contributed by atoms with Crippen LogP contribution in [0.3, 0.4) is 0 Å². The van der Waals surface area contributed by atoms with Gasteiger partial charge in [0.1, 0.15) is 0 Å². The van der Waals surface area contributed by atoms with Gasteiger partial charge in [-0.1, -0.05) is 24.8 Å². The largest absolute Gasteiger partial charge is 0.332 e. The van der Waals surface area contributed by atoms with Crippen LogP contribution in [-0.4, -0.2) is 0 Å². The van der Waals surface area contributed by atoms with E-state index in [0.717, 1.165) is 5.70 Å². The number of nitrogens with zero attached hydrogens (tertiary/aromatic N) is 1. The average molecular weight is 389 g/mol. The molecular formula is C19H20IN. The summed E-state index contributed by atoms with van der Waals surface area (Å²) in [5.41, 5.74) is 7.67. The van der Waals surface area contributed by atoms with E-state index in [1.54, 1.807) is 0 Å². The Bertz CT molecular complexity index is 729. The highest BCUT2D eigenvalue weighted by molar-refractivity contribution is 14.1. The topological polar surface area (TPSA) is 3.24 Å². The molecule has 0 fully saturated rings. The van der Waals surface area contributed by atoms with E-state index in [4.69, 9.17) is 0 Å². The van der Waals surface area contributed by atoms with Crippen molar-refractivity contribution in [2.45, 2.75) is 33.2 Å². The maximum absolute atomic E-state index is 4.41. The van der Waals surface area contributed by atoms with Crippen LogP contribution in [0.2, 0.25) is 0 Å². The van der Waals surface area contributed by atoms with E-state index in [9.17, 15) is 0 Å². The molecule has 2 heteroatoms. The van der Waals surface area contributed by atoms with Gasteiger partial charge in [0.15, 0.2) is 0 Å². The third-order valence-electron chi connectivity index (χ3n) is 4.46. The fourth-order valence-corrected chi connectivity index (χ4v) is 4.38. The van der Waals surface area contributed by atoms with Crippen LogP contribution in [0.5, 0.6) is 0 Å². The molecule has 0 amide bonds. The van der Waals surface area contributed by atoms with Crippen molar-refractivity contribution in [1.29, 1.82) is 0 Å². The summed E-state index contributed by atoms with van der Waals surface area (Å²) in [4.78, 5) is 2.37. The van der Waals surface area contributed by atoms with Crippen LogP contribution >= 0.6 is 22.6 Å². The van der Waals surface area contributed by atoms with E-state index < -0.39 is 0 Å². The molecule has 1 aliphatic rings. The van der Waals surface area contributed by atoms with E-state index in [1.165, 1.54) is 31.5 Å². The smallest absolute Gasteiger partial charge is 0.0655 e. The van der Waals surface area contributed by atoms with Crippen LogP contribution in [0, 0.1) is 17.4 Å². The fraction of sp³-hybridized carbons (Fsp3) is 0.263. The Kier molecular flexibility index (Phi) is 3.40. The molecule has 2 aromatic carbocycles. The number of hydrogen-bond acceptors (Lipinski definition) is 1. The molecule has 1 nitrogen and oxygen atoms in total. The van der Waals surface area contributed by atoms with E-state index in [0.29, 0.717) is 0 Å². The number of aryl methyl sites for hydroxylation is 1. The summed E-state index contributed by atoms with van der Waals surface area (Å²) in [5.74, 6) is 0. The Balaban J connectivity index is 2.29. The lowest BCUT2D eigenvalue weighted by Gasteiger charge is -2.35. The van der Waals surface area contributed by atoms with Gasteiger partial charge in [0.2, 0.25) is 0 Å². The van der Waals surface area contributed by atoms with Gasteiger partial charge in [-0.3, -0.25) is 0 Å². The molecule has 1 heterocycles. The van der Waals surface area contributed by atoms with Crippen molar-refractivity contribution in [3.05, 3.63) is 68.8 Å². The maximum atomic E-state index is 4.41. The van der Waals surface area contributed by atoms with Crippen molar-refractivity contribution in [3.8, 4) is 0 Å². The summed E-state index contributed by atoms with van der Waals surface area (Å²) in [5, 5.41) is 0. The second-order valence-corrected chi connectivity index (χ2v) is 7.39. The lowest BCUT2D eigenvalue weighted by atomic mass is 9.87. The number of anilines is 1. The van der Waals surface area contributed by atoms with Crippen molar-refractivity contribution < 1.29 is 0 Å². The first-order chi connectivity index (χ1) is 9.85. The van der Waals surface area contributed by atoms with Crippen molar-refractivity contribution in [3.63, 3.8) is 0 Å². The normalized spacial score (nSPS) is 16.2. The molecular weight excluding hydrogens is 369 g/mol. The highest BCUT2D eigenvalue weighted by Crippen LogP contribution is 2.50. The lowest BCUT2D eigenvalue weighted by Crippen LogP contribution is -2.34. The minimum atomic E-state index is -0.0764. The SMILES string of the molecule is C=C1c2c(C)c(I)cc(C)c2C(C)(C)N1c1ccccc1. The third kappa shape index (κ3) is 2.03. The Morgan fingerprint density at radius 2 is 1.71 bits per heavy atom. The number of fused-ring (bicyclic) bond motifs is 1. The first-order valence-electron chi connectivity index (χ1n) is 7.20. The Labute approximate surface area is 140 Å². The molecule has 0 aliphatic carbocycles. The predicted molar refractivity (Wildman–Crippen MR) is 99.6 cm³/mol. The molecule has 0 aromatic heterocycles. The number of benzene rings is 2. The zero-order chi connectivity index (χ0) is 15.4. The summed E-state index contributed by atoms with van der Waals surface area (Å²) < 4.78 is 1.32. The van der Waals surface area contributed by atoms with Gasteiger partial charge in [-0.25, -0.2) is 0 Å². The molecule has 1 aliphatic heterocycles. The molecule has 3 rings (SSSR count). The minimum absolute atomic E-state index is 0.0764. The van der Waals surface area contributed by atoms with Crippen LogP contribution in [0.4, 0.5) is 5.69 Å². The molecule has 0 bridgehead atoms. The van der Waals surface area contributed by atoms with Crippen LogP contribution in [0.25, 0.3) is 5.70 Å². The fourth-order valence-electron chi connectivity index (χ4n) is 3.64. The molecule has 2 aromatic rings. The second-order valence-electron chi connectivity index (χ2n) is 6.23. The average Bonchev–Trinajstić information content (AvgIpc) is 2.64. The van der Waals surface area contributed by atoms with Crippen LogP contribution in [-0.2, 0) is 5.54 Å². The van der Waals surface area contributed by atoms with Gasteiger partial charge >= 0.3 is 0 Å². The molecule has 0 atom stereocenters. The van der Waals surface area contributed by atoms with E-state index in [-0.39, 0.29) is 5.54 Å². The molecule has 0 spiro atoms. The summed E-state index contributed by atoms with van der Waals surface area (Å²) >= 11 is 2.43. The summed E-state index contributed by atoms with van der Waals surface area (Å²) in [6.45, 7) is 13.4. The standard InChI is InChI=1S/C19H20IN/c1-12-11-16(20)13(2)17-14(3)21(19(4,5)18(12)17)15-9-7-6-8-10-15/h6-11H,3H2,1-2,4-5H3. The van der Waals surface area contributed by atoms with E-state index in [1.807, 2.05) is 0 Å². The van der Waals surface area contributed by atoms with Crippen LogP contribution in [0.1, 0.15) is 36.1 Å². The highest BCUT2D eigenvalue weighted by atomic mass is 127. The van der Waals surface area contributed by atoms with Gasteiger partial charge in [0.25, 0.3) is 0 Å². The molecule has 21 heavy (non-hydrogen) atoms. The second kappa shape index (κ2) is 4.87. The first-order valence-corrected chi connectivity index (χ1v) is 8.28. The number of hydrogen-bond donors (Lipinski definition) is 0. The van der Waals surface area contributed by atoms with Gasteiger partial charge in [-0.15, -0.1) is 0 Å². The van der Waals surface area contributed by atoms with Gasteiger partial charge in [-0.2, -0.15) is 0 Å². The molecule has 0 saturated heterocycles. The van der Waals surface area contributed by atoms with E-state index in [2.05, 4.69) is 98.2 Å². The predicted octanol–water partition coefficient (Wildman–Crippen LogP) is 5.63. The number of halogens is 1. The van der Waals surface area contributed by atoms with Crippen LogP contribution < -0.4 is 4.90 Å². The summed E-state index contributed by atoms with van der Waals surface area (Å²) in [6.07, 6.45) is 0. The molecule has 0 unspecified atom stereocenters. The first kappa shape index (κ1) is 14.6. The van der Waals surface area contributed by atoms with Crippen molar-refractivity contribution in [2.24, 2.45) is 0 Å². The summed E-state index contributed by atoms with van der Waals surface area (Å²) in [6, 6.07) is 12.8.